The predicted molar refractivity (Wildman–Crippen MR) is 104 cm³/mol. The number of nitrogens with one attached hydrogen (secondary N) is 1. The molecule has 0 radical (unpaired) electrons. The molecule has 1 aromatic carbocycles. The summed E-state index contributed by atoms with van der Waals surface area (Å²) in [7, 11) is 0. The molecule has 10 heteroatoms. The van der Waals surface area contributed by atoms with Crippen LogP contribution in [0.25, 0.3) is 10.7 Å². The van der Waals surface area contributed by atoms with E-state index in [2.05, 4.69) is 24.8 Å². The number of rotatable bonds is 8. The molecule has 1 amide bonds. The van der Waals surface area contributed by atoms with Crippen LogP contribution in [0, 0.1) is 0 Å². The highest BCUT2D eigenvalue weighted by atomic mass is 32.2. The van der Waals surface area contributed by atoms with Gasteiger partial charge in [-0.3, -0.25) is 9.36 Å². The molecule has 0 atom stereocenters. The SMILES string of the molecule is O=C(CSc1nnc(-c2cccs2)n1C1CC1)Nc1ccccc1OC(F)F. The first kappa shape index (κ1) is 18.9. The van der Waals surface area contributed by atoms with Crippen molar-refractivity contribution in [3.05, 3.63) is 41.8 Å². The van der Waals surface area contributed by atoms with Gasteiger partial charge in [-0.25, -0.2) is 0 Å². The van der Waals surface area contributed by atoms with E-state index in [0.29, 0.717) is 11.2 Å². The number of thioether (sulfide) groups is 1. The lowest BCUT2D eigenvalue weighted by Gasteiger charge is -2.11. The van der Waals surface area contributed by atoms with Crippen LogP contribution in [-0.4, -0.2) is 33.0 Å². The summed E-state index contributed by atoms with van der Waals surface area (Å²) in [5.74, 6) is 0.490. The minimum atomic E-state index is -2.96. The zero-order valence-electron chi connectivity index (χ0n) is 14.5. The summed E-state index contributed by atoms with van der Waals surface area (Å²) >= 11 is 2.87. The largest absolute Gasteiger partial charge is 0.433 e. The summed E-state index contributed by atoms with van der Waals surface area (Å²) in [6.45, 7) is -2.96. The molecular weight excluding hydrogens is 406 g/mol. The molecule has 0 saturated heterocycles. The van der Waals surface area contributed by atoms with E-state index in [1.54, 1.807) is 23.5 Å². The molecule has 0 unspecified atom stereocenters. The average molecular weight is 422 g/mol. The van der Waals surface area contributed by atoms with Gasteiger partial charge in [0.05, 0.1) is 16.3 Å². The predicted octanol–water partition coefficient (Wildman–Crippen LogP) is 4.67. The van der Waals surface area contributed by atoms with Crippen LogP contribution in [-0.2, 0) is 4.79 Å². The van der Waals surface area contributed by atoms with Gasteiger partial charge >= 0.3 is 6.61 Å². The Balaban J connectivity index is 1.44. The summed E-state index contributed by atoms with van der Waals surface area (Å²) in [5, 5.41) is 13.8. The molecule has 0 bridgehead atoms. The van der Waals surface area contributed by atoms with Crippen LogP contribution in [0.15, 0.2) is 46.9 Å². The van der Waals surface area contributed by atoms with Crippen molar-refractivity contribution < 1.29 is 18.3 Å². The Bertz CT molecular complexity index is 958. The minimum Gasteiger partial charge on any atom is -0.433 e. The lowest BCUT2D eigenvalue weighted by atomic mass is 10.3. The van der Waals surface area contributed by atoms with Crippen LogP contribution in [0.1, 0.15) is 18.9 Å². The van der Waals surface area contributed by atoms with Crippen molar-refractivity contribution in [3.63, 3.8) is 0 Å². The molecule has 6 nitrogen and oxygen atoms in total. The van der Waals surface area contributed by atoms with E-state index in [-0.39, 0.29) is 23.1 Å². The number of alkyl halides is 2. The molecule has 0 aliphatic heterocycles. The van der Waals surface area contributed by atoms with E-state index in [9.17, 15) is 13.6 Å². The molecule has 4 rings (SSSR count). The number of halogens is 2. The van der Waals surface area contributed by atoms with E-state index in [4.69, 9.17) is 0 Å². The Morgan fingerprint density at radius 2 is 2.11 bits per heavy atom. The smallest absolute Gasteiger partial charge is 0.387 e. The number of amides is 1. The topological polar surface area (TPSA) is 69.0 Å². The molecule has 146 valence electrons. The van der Waals surface area contributed by atoms with E-state index < -0.39 is 6.61 Å². The standard InChI is InChI=1S/C18H16F2N4O2S2/c19-17(20)26-13-5-2-1-4-12(13)21-15(25)10-28-18-23-22-16(14-6-3-9-27-14)24(18)11-7-8-11/h1-6,9,11,17H,7-8,10H2,(H,21,25). The number of ether oxygens (including phenoxy) is 1. The summed E-state index contributed by atoms with van der Waals surface area (Å²) in [5.41, 5.74) is 0.205. The number of hydrogen-bond acceptors (Lipinski definition) is 6. The van der Waals surface area contributed by atoms with Gasteiger partial charge in [-0.05, 0) is 36.4 Å². The lowest BCUT2D eigenvalue weighted by molar-refractivity contribution is -0.113. The van der Waals surface area contributed by atoms with E-state index in [0.717, 1.165) is 23.5 Å². The molecular formula is C18H16F2N4O2S2. The van der Waals surface area contributed by atoms with Crippen molar-refractivity contribution >= 4 is 34.7 Å². The summed E-state index contributed by atoms with van der Waals surface area (Å²) in [6.07, 6.45) is 2.13. The van der Waals surface area contributed by atoms with Gasteiger partial charge in [-0.15, -0.1) is 21.5 Å². The molecule has 0 spiro atoms. The van der Waals surface area contributed by atoms with Crippen molar-refractivity contribution in [2.24, 2.45) is 0 Å². The molecule has 1 fully saturated rings. The summed E-state index contributed by atoms with van der Waals surface area (Å²) < 4.78 is 31.5. The van der Waals surface area contributed by atoms with Gasteiger partial charge in [0.25, 0.3) is 0 Å². The highest BCUT2D eigenvalue weighted by Gasteiger charge is 2.30. The third kappa shape index (κ3) is 4.33. The van der Waals surface area contributed by atoms with E-state index >= 15 is 0 Å². The van der Waals surface area contributed by atoms with Crippen molar-refractivity contribution in [2.75, 3.05) is 11.1 Å². The van der Waals surface area contributed by atoms with Crippen LogP contribution < -0.4 is 10.1 Å². The average Bonchev–Trinajstić information content (AvgIpc) is 3.18. The zero-order valence-corrected chi connectivity index (χ0v) is 16.2. The second-order valence-corrected chi connectivity index (χ2v) is 7.99. The minimum absolute atomic E-state index is 0.0722. The molecule has 1 aliphatic rings. The summed E-state index contributed by atoms with van der Waals surface area (Å²) in [4.78, 5) is 13.4. The van der Waals surface area contributed by atoms with Crippen LogP contribution in [0.3, 0.4) is 0 Å². The maximum Gasteiger partial charge on any atom is 0.387 e. The highest BCUT2D eigenvalue weighted by molar-refractivity contribution is 7.99. The number of carbonyl (C=O) groups excluding carboxylic acids is 1. The molecule has 2 aromatic heterocycles. The van der Waals surface area contributed by atoms with Gasteiger partial charge in [0.2, 0.25) is 5.91 Å². The molecule has 3 aromatic rings. The van der Waals surface area contributed by atoms with E-state index in [1.165, 1.54) is 23.9 Å². The highest BCUT2D eigenvalue weighted by Crippen LogP contribution is 2.41. The van der Waals surface area contributed by atoms with Crippen molar-refractivity contribution in [3.8, 4) is 16.5 Å². The van der Waals surface area contributed by atoms with Gasteiger partial charge in [-0.1, -0.05) is 30.0 Å². The molecule has 1 aliphatic carbocycles. The monoisotopic (exact) mass is 422 g/mol. The van der Waals surface area contributed by atoms with Gasteiger partial charge < -0.3 is 10.1 Å². The number of para-hydroxylation sites is 2. The zero-order chi connectivity index (χ0) is 19.5. The number of anilines is 1. The van der Waals surface area contributed by atoms with Gasteiger partial charge in [-0.2, -0.15) is 8.78 Å². The Morgan fingerprint density at radius 1 is 1.29 bits per heavy atom. The second-order valence-electron chi connectivity index (χ2n) is 6.10. The van der Waals surface area contributed by atoms with Gasteiger partial charge in [0.1, 0.15) is 5.75 Å². The quantitative estimate of drug-likeness (QED) is 0.534. The maximum atomic E-state index is 12.5. The Hall–Kier alpha value is -2.46. The first-order valence-electron chi connectivity index (χ1n) is 8.57. The fraction of sp³-hybridized carbons (Fsp3) is 0.278. The number of hydrogen-bond donors (Lipinski definition) is 1. The summed E-state index contributed by atoms with van der Waals surface area (Å²) in [6, 6.07) is 10.4. The lowest BCUT2D eigenvalue weighted by Crippen LogP contribution is -2.16. The third-order valence-corrected chi connectivity index (χ3v) is 5.84. The van der Waals surface area contributed by atoms with Gasteiger partial charge in [0, 0.05) is 6.04 Å². The fourth-order valence-corrected chi connectivity index (χ4v) is 4.21. The van der Waals surface area contributed by atoms with Crippen molar-refractivity contribution in [2.45, 2.75) is 30.7 Å². The number of aromatic nitrogens is 3. The number of benzene rings is 1. The maximum absolute atomic E-state index is 12.5. The normalized spacial score (nSPS) is 13.7. The van der Waals surface area contributed by atoms with E-state index in [1.807, 2.05) is 17.5 Å². The fourth-order valence-electron chi connectivity index (χ4n) is 2.70. The van der Waals surface area contributed by atoms with Crippen LogP contribution >= 0.6 is 23.1 Å². The molecule has 1 N–H and O–H groups in total. The first-order valence-corrected chi connectivity index (χ1v) is 10.4. The van der Waals surface area contributed by atoms with Crippen LogP contribution in [0.4, 0.5) is 14.5 Å². The Labute approximate surface area is 167 Å². The van der Waals surface area contributed by atoms with Crippen molar-refractivity contribution in [1.82, 2.24) is 14.8 Å². The Kier molecular flexibility index (Phi) is 5.58. The first-order chi connectivity index (χ1) is 13.6. The second kappa shape index (κ2) is 8.27. The third-order valence-electron chi connectivity index (χ3n) is 4.03. The molecule has 2 heterocycles. The molecule has 1 saturated carbocycles. The van der Waals surface area contributed by atoms with Crippen LogP contribution in [0.5, 0.6) is 5.75 Å². The van der Waals surface area contributed by atoms with Crippen LogP contribution in [0.2, 0.25) is 0 Å². The molecule has 28 heavy (non-hydrogen) atoms. The number of nitrogens with zero attached hydrogens (tertiary/aromatic N) is 3. The number of thiophene rings is 1. The Morgan fingerprint density at radius 3 is 2.82 bits per heavy atom. The van der Waals surface area contributed by atoms with Crippen molar-refractivity contribution in [1.29, 1.82) is 0 Å². The van der Waals surface area contributed by atoms with Gasteiger partial charge in [0.15, 0.2) is 11.0 Å². The number of carbonyl (C=O) groups is 1.